The van der Waals surface area contributed by atoms with Crippen molar-refractivity contribution in [2.45, 2.75) is 6.43 Å². The van der Waals surface area contributed by atoms with Crippen molar-refractivity contribution in [1.29, 1.82) is 0 Å². The summed E-state index contributed by atoms with van der Waals surface area (Å²) in [6, 6.07) is 15.9. The van der Waals surface area contributed by atoms with Gasteiger partial charge in [0, 0.05) is 5.69 Å². The van der Waals surface area contributed by atoms with Crippen LogP contribution in [0.3, 0.4) is 0 Å². The number of nitrogens with one attached hydrogen (secondary N) is 1. The van der Waals surface area contributed by atoms with E-state index in [-0.39, 0.29) is 0 Å². The largest absolute Gasteiger partial charge is 0.345 e. The summed E-state index contributed by atoms with van der Waals surface area (Å²) in [5, 5.41) is 10.6. The molecule has 0 fully saturated rings. The number of benzene rings is 2. The molecule has 0 amide bonds. The molecule has 0 atom stereocenters. The fourth-order valence-corrected chi connectivity index (χ4v) is 1.54. The van der Waals surface area contributed by atoms with Gasteiger partial charge in [0.05, 0.1) is 11.4 Å². The Kier molecular flexibility index (Phi) is 4.84. The minimum atomic E-state index is -2.66. The molecule has 6 heteroatoms. The minimum absolute atomic E-state index is 0.494. The number of rotatable bonds is 4. The van der Waals surface area contributed by atoms with Crippen molar-refractivity contribution in [3.63, 3.8) is 0 Å². The zero-order valence-electron chi connectivity index (χ0n) is 10.3. The first kappa shape index (κ1) is 14.2. The number of azo groups is 1. The number of hydrogen-bond acceptors (Lipinski definition) is 3. The van der Waals surface area contributed by atoms with Crippen LogP contribution in [0.15, 0.2) is 64.8 Å². The highest BCUT2D eigenvalue weighted by Gasteiger charge is 2.09. The number of thiocarbonyl (C=S) groups is 1. The molecule has 0 spiro atoms. The monoisotopic (exact) mass is 291 g/mol. The number of halogens is 2. The number of nitrogens with zero attached hydrogens (tertiary/aromatic N) is 2. The highest BCUT2D eigenvalue weighted by atomic mass is 32.1. The second-order valence-electron chi connectivity index (χ2n) is 3.87. The highest BCUT2D eigenvalue weighted by molar-refractivity contribution is 7.80. The van der Waals surface area contributed by atoms with Crippen LogP contribution in [0.5, 0.6) is 0 Å². The maximum absolute atomic E-state index is 12.3. The Morgan fingerprint density at radius 2 is 1.45 bits per heavy atom. The fraction of sp³-hybridized carbons (Fsp3) is 0.0714. The van der Waals surface area contributed by atoms with Crippen LogP contribution in [0.25, 0.3) is 0 Å². The summed E-state index contributed by atoms with van der Waals surface area (Å²) >= 11 is 4.50. The summed E-state index contributed by atoms with van der Waals surface area (Å²) in [5.41, 5.74) is 1.87. The van der Waals surface area contributed by atoms with Crippen molar-refractivity contribution in [2.24, 2.45) is 10.2 Å². The van der Waals surface area contributed by atoms with Gasteiger partial charge >= 0.3 is 0 Å². The lowest BCUT2D eigenvalue weighted by Crippen LogP contribution is -2.17. The Hall–Kier alpha value is -2.21. The number of hydrogen-bond donors (Lipinski definition) is 1. The van der Waals surface area contributed by atoms with Crippen LogP contribution in [0.1, 0.15) is 0 Å². The van der Waals surface area contributed by atoms with Crippen molar-refractivity contribution >= 4 is 34.3 Å². The van der Waals surface area contributed by atoms with E-state index in [0.29, 0.717) is 11.4 Å². The van der Waals surface area contributed by atoms with Crippen LogP contribution >= 0.6 is 12.2 Å². The first-order valence-corrected chi connectivity index (χ1v) is 6.22. The van der Waals surface area contributed by atoms with E-state index >= 15 is 0 Å². The van der Waals surface area contributed by atoms with E-state index in [0.717, 1.165) is 5.69 Å². The van der Waals surface area contributed by atoms with Crippen LogP contribution in [0.2, 0.25) is 0 Å². The van der Waals surface area contributed by atoms with E-state index < -0.39 is 11.4 Å². The van der Waals surface area contributed by atoms with Gasteiger partial charge in [-0.1, -0.05) is 30.4 Å². The molecule has 3 nitrogen and oxygen atoms in total. The van der Waals surface area contributed by atoms with Gasteiger partial charge in [0.1, 0.15) is 4.99 Å². The lowest BCUT2D eigenvalue weighted by atomic mass is 10.3. The third kappa shape index (κ3) is 4.17. The Morgan fingerprint density at radius 1 is 0.900 bits per heavy atom. The van der Waals surface area contributed by atoms with Gasteiger partial charge in [-0.05, 0) is 36.4 Å². The molecule has 0 unspecified atom stereocenters. The van der Waals surface area contributed by atoms with Crippen LogP contribution in [-0.4, -0.2) is 11.4 Å². The average molecular weight is 291 g/mol. The maximum Gasteiger partial charge on any atom is 0.288 e. The zero-order valence-corrected chi connectivity index (χ0v) is 11.1. The van der Waals surface area contributed by atoms with Gasteiger partial charge < -0.3 is 5.32 Å². The molecule has 0 bridgehead atoms. The second kappa shape index (κ2) is 6.81. The van der Waals surface area contributed by atoms with Crippen LogP contribution in [0, 0.1) is 0 Å². The first-order valence-electron chi connectivity index (χ1n) is 5.81. The summed E-state index contributed by atoms with van der Waals surface area (Å²) in [7, 11) is 0. The topological polar surface area (TPSA) is 36.8 Å². The quantitative estimate of drug-likeness (QED) is 0.628. The predicted molar refractivity (Wildman–Crippen MR) is 79.3 cm³/mol. The van der Waals surface area contributed by atoms with Crippen molar-refractivity contribution in [3.05, 3.63) is 54.6 Å². The molecule has 2 aromatic rings. The second-order valence-corrected chi connectivity index (χ2v) is 4.31. The molecule has 0 aliphatic rings. The standard InChI is InChI=1S/C14H11F2N3S/c15-13(16)14(20)17-10-6-8-12(9-7-10)19-18-11-4-2-1-3-5-11/h1-9,13H,(H,17,20). The lowest BCUT2D eigenvalue weighted by molar-refractivity contribution is 0.228. The summed E-state index contributed by atoms with van der Waals surface area (Å²) in [4.78, 5) is -0.497. The lowest BCUT2D eigenvalue weighted by Gasteiger charge is -2.06. The maximum atomic E-state index is 12.3. The molecule has 0 saturated heterocycles. The molecular formula is C14H11F2N3S. The van der Waals surface area contributed by atoms with Crippen molar-refractivity contribution in [1.82, 2.24) is 0 Å². The van der Waals surface area contributed by atoms with Crippen molar-refractivity contribution < 1.29 is 8.78 Å². The summed E-state index contributed by atoms with van der Waals surface area (Å²) in [6.45, 7) is 0. The molecule has 0 aliphatic heterocycles. The SMILES string of the molecule is FC(F)C(=S)Nc1ccc(N=Nc2ccccc2)cc1. The Labute approximate surface area is 120 Å². The van der Waals surface area contributed by atoms with Gasteiger partial charge in [0.25, 0.3) is 6.43 Å². The Morgan fingerprint density at radius 3 is 2.00 bits per heavy atom. The molecule has 0 aromatic heterocycles. The van der Waals surface area contributed by atoms with Gasteiger partial charge in [0.15, 0.2) is 0 Å². The molecule has 2 aromatic carbocycles. The third-order valence-electron chi connectivity index (χ3n) is 2.37. The summed E-state index contributed by atoms with van der Waals surface area (Å²) in [6.07, 6.45) is -2.66. The van der Waals surface area contributed by atoms with E-state index in [9.17, 15) is 8.78 Å². The van der Waals surface area contributed by atoms with Crippen molar-refractivity contribution in [2.75, 3.05) is 5.32 Å². The minimum Gasteiger partial charge on any atom is -0.345 e. The first-order chi connectivity index (χ1) is 9.65. The molecule has 0 saturated carbocycles. The Balaban J connectivity index is 2.02. The van der Waals surface area contributed by atoms with E-state index in [2.05, 4.69) is 27.8 Å². The van der Waals surface area contributed by atoms with Gasteiger partial charge in [-0.15, -0.1) is 0 Å². The normalized spacial score (nSPS) is 10.9. The van der Waals surface area contributed by atoms with E-state index in [1.54, 1.807) is 24.3 Å². The van der Waals surface area contributed by atoms with Crippen molar-refractivity contribution in [3.8, 4) is 0 Å². The van der Waals surface area contributed by atoms with E-state index in [1.165, 1.54) is 0 Å². The number of anilines is 1. The van der Waals surface area contributed by atoms with E-state index in [1.807, 2.05) is 30.3 Å². The van der Waals surface area contributed by atoms with Crippen LogP contribution < -0.4 is 5.32 Å². The molecule has 102 valence electrons. The fourth-order valence-electron chi connectivity index (χ4n) is 1.42. The molecule has 0 heterocycles. The average Bonchev–Trinajstić information content (AvgIpc) is 2.47. The molecule has 20 heavy (non-hydrogen) atoms. The van der Waals surface area contributed by atoms with Crippen LogP contribution in [-0.2, 0) is 0 Å². The molecule has 2 rings (SSSR count). The van der Waals surface area contributed by atoms with E-state index in [4.69, 9.17) is 0 Å². The predicted octanol–water partition coefficient (Wildman–Crippen LogP) is 5.11. The smallest absolute Gasteiger partial charge is 0.288 e. The third-order valence-corrected chi connectivity index (χ3v) is 2.65. The summed E-state index contributed by atoms with van der Waals surface area (Å²) in [5.74, 6) is 0. The summed E-state index contributed by atoms with van der Waals surface area (Å²) < 4.78 is 24.5. The van der Waals surface area contributed by atoms with Gasteiger partial charge in [-0.3, -0.25) is 0 Å². The molecular weight excluding hydrogens is 280 g/mol. The van der Waals surface area contributed by atoms with Gasteiger partial charge in [0.2, 0.25) is 0 Å². The molecule has 0 radical (unpaired) electrons. The zero-order chi connectivity index (χ0) is 14.4. The number of alkyl halides is 2. The van der Waals surface area contributed by atoms with Crippen LogP contribution in [0.4, 0.5) is 25.8 Å². The molecule has 1 N–H and O–H groups in total. The van der Waals surface area contributed by atoms with Gasteiger partial charge in [-0.25, -0.2) is 8.78 Å². The Bertz CT molecular complexity index is 598. The highest BCUT2D eigenvalue weighted by Crippen LogP contribution is 2.20. The van der Waals surface area contributed by atoms with Gasteiger partial charge in [-0.2, -0.15) is 10.2 Å². The molecule has 0 aliphatic carbocycles.